The molecule has 0 unspecified atom stereocenters. The highest BCUT2D eigenvalue weighted by atomic mass is 19.1. The van der Waals surface area contributed by atoms with Gasteiger partial charge in [0, 0.05) is 17.5 Å². The number of para-hydroxylation sites is 1. The van der Waals surface area contributed by atoms with Crippen molar-refractivity contribution in [1.82, 2.24) is 9.78 Å². The first-order valence-corrected chi connectivity index (χ1v) is 8.32. The van der Waals surface area contributed by atoms with Crippen molar-refractivity contribution < 1.29 is 18.6 Å². The molecule has 0 atom stereocenters. The Bertz CT molecular complexity index is 1110. The van der Waals surface area contributed by atoms with Gasteiger partial charge in [-0.3, -0.25) is 0 Å². The minimum Gasteiger partial charge on any atom is -0.493 e. The second kappa shape index (κ2) is 6.99. The first-order valence-electron chi connectivity index (χ1n) is 8.32. The fourth-order valence-corrected chi connectivity index (χ4v) is 2.88. The van der Waals surface area contributed by atoms with Gasteiger partial charge in [0.15, 0.2) is 23.1 Å². The van der Waals surface area contributed by atoms with Crippen molar-refractivity contribution in [3.05, 3.63) is 72.7 Å². The summed E-state index contributed by atoms with van der Waals surface area (Å²) in [6.45, 7) is 0. The Morgan fingerprint density at radius 3 is 2.44 bits per heavy atom. The molecule has 0 spiro atoms. The first kappa shape index (κ1) is 16.9. The molecule has 0 saturated heterocycles. The molecule has 0 radical (unpaired) electrons. The molecule has 5 nitrogen and oxygen atoms in total. The maximum atomic E-state index is 13.9. The lowest BCUT2D eigenvalue weighted by Crippen LogP contribution is -1.98. The molecule has 27 heavy (non-hydrogen) atoms. The predicted octanol–water partition coefficient (Wildman–Crippen LogP) is 4.97. The van der Waals surface area contributed by atoms with Crippen LogP contribution in [0.2, 0.25) is 0 Å². The molecule has 0 N–H and O–H groups in total. The average Bonchev–Trinajstić information content (AvgIpc) is 3.12. The van der Waals surface area contributed by atoms with Crippen LogP contribution in [0.25, 0.3) is 16.6 Å². The van der Waals surface area contributed by atoms with Gasteiger partial charge < -0.3 is 14.2 Å². The van der Waals surface area contributed by atoms with Crippen LogP contribution in [-0.4, -0.2) is 24.0 Å². The molecule has 0 aliphatic heterocycles. The second-order valence-electron chi connectivity index (χ2n) is 5.85. The quantitative estimate of drug-likeness (QED) is 0.501. The summed E-state index contributed by atoms with van der Waals surface area (Å²) in [7, 11) is 3.18. The van der Waals surface area contributed by atoms with Crippen LogP contribution in [0, 0.1) is 5.82 Å². The van der Waals surface area contributed by atoms with E-state index in [9.17, 15) is 4.39 Å². The molecule has 0 aliphatic carbocycles. The second-order valence-corrected chi connectivity index (χ2v) is 5.85. The van der Waals surface area contributed by atoms with Crippen molar-refractivity contribution in [1.29, 1.82) is 0 Å². The topological polar surface area (TPSA) is 45.5 Å². The van der Waals surface area contributed by atoms with E-state index in [1.54, 1.807) is 49.4 Å². The van der Waals surface area contributed by atoms with E-state index in [4.69, 9.17) is 14.2 Å². The smallest absolute Gasteiger partial charge is 0.165 e. The van der Waals surface area contributed by atoms with Crippen LogP contribution in [0.15, 0.2) is 66.9 Å². The minimum atomic E-state index is -0.411. The summed E-state index contributed by atoms with van der Waals surface area (Å²) in [5.74, 6) is 1.54. The molecule has 4 rings (SSSR count). The Balaban J connectivity index is 1.76. The molecular formula is C21H17FN2O3. The number of hydrogen-bond donors (Lipinski definition) is 0. The van der Waals surface area contributed by atoms with Gasteiger partial charge >= 0.3 is 0 Å². The monoisotopic (exact) mass is 364 g/mol. The first-order chi connectivity index (χ1) is 13.2. The van der Waals surface area contributed by atoms with Crippen molar-refractivity contribution in [3.8, 4) is 28.7 Å². The Morgan fingerprint density at radius 2 is 1.67 bits per heavy atom. The molecule has 0 fully saturated rings. The van der Waals surface area contributed by atoms with Gasteiger partial charge in [-0.2, -0.15) is 5.10 Å². The lowest BCUT2D eigenvalue weighted by molar-refractivity contribution is 0.355. The van der Waals surface area contributed by atoms with Crippen LogP contribution in [-0.2, 0) is 0 Å². The van der Waals surface area contributed by atoms with Crippen molar-refractivity contribution in [2.45, 2.75) is 0 Å². The van der Waals surface area contributed by atoms with Gasteiger partial charge in [0.25, 0.3) is 0 Å². The van der Waals surface area contributed by atoms with Crippen molar-refractivity contribution in [2.75, 3.05) is 14.2 Å². The summed E-state index contributed by atoms with van der Waals surface area (Å²) in [6, 6.07) is 17.3. The maximum absolute atomic E-state index is 13.9. The Kier molecular flexibility index (Phi) is 4.38. The average molecular weight is 364 g/mol. The largest absolute Gasteiger partial charge is 0.493 e. The molecule has 0 amide bonds. The van der Waals surface area contributed by atoms with Crippen molar-refractivity contribution >= 4 is 10.9 Å². The van der Waals surface area contributed by atoms with Gasteiger partial charge in [0.05, 0.1) is 31.6 Å². The zero-order valence-corrected chi connectivity index (χ0v) is 14.8. The lowest BCUT2D eigenvalue weighted by Gasteiger charge is -2.11. The number of methoxy groups -OCH3 is 2. The van der Waals surface area contributed by atoms with Crippen LogP contribution >= 0.6 is 0 Å². The normalized spacial score (nSPS) is 10.8. The number of halogens is 1. The van der Waals surface area contributed by atoms with E-state index < -0.39 is 5.82 Å². The van der Waals surface area contributed by atoms with Crippen LogP contribution in [0.4, 0.5) is 4.39 Å². The summed E-state index contributed by atoms with van der Waals surface area (Å²) in [5, 5.41) is 5.39. The molecule has 4 aromatic rings. The third-order valence-electron chi connectivity index (χ3n) is 4.22. The third kappa shape index (κ3) is 3.17. The molecule has 1 heterocycles. The summed E-state index contributed by atoms with van der Waals surface area (Å²) in [5.41, 5.74) is 1.64. The van der Waals surface area contributed by atoms with Gasteiger partial charge in [-0.1, -0.05) is 12.1 Å². The SMILES string of the molecule is COc1ccc(-n2ncc3ccc(Oc4ccccc4F)cc32)cc1OC. The number of aromatic nitrogens is 2. The van der Waals surface area contributed by atoms with Crippen molar-refractivity contribution in [3.63, 3.8) is 0 Å². The molecule has 1 aromatic heterocycles. The highest BCUT2D eigenvalue weighted by Crippen LogP contribution is 2.32. The van der Waals surface area contributed by atoms with Crippen LogP contribution < -0.4 is 14.2 Å². The molecule has 3 aromatic carbocycles. The number of fused-ring (bicyclic) bond motifs is 1. The van der Waals surface area contributed by atoms with Crippen LogP contribution in [0.3, 0.4) is 0 Å². The Morgan fingerprint density at radius 1 is 0.852 bits per heavy atom. The van der Waals surface area contributed by atoms with Gasteiger partial charge in [-0.25, -0.2) is 9.07 Å². The molecule has 6 heteroatoms. The number of nitrogens with zero attached hydrogens (tertiary/aromatic N) is 2. The molecule has 0 aliphatic rings. The van der Waals surface area contributed by atoms with E-state index in [1.807, 2.05) is 30.3 Å². The molecule has 0 saturated carbocycles. The van der Waals surface area contributed by atoms with E-state index >= 15 is 0 Å². The van der Waals surface area contributed by atoms with Crippen molar-refractivity contribution in [2.24, 2.45) is 0 Å². The molecular weight excluding hydrogens is 347 g/mol. The number of benzene rings is 3. The van der Waals surface area contributed by atoms with Gasteiger partial charge in [0.1, 0.15) is 5.75 Å². The zero-order valence-electron chi connectivity index (χ0n) is 14.8. The minimum absolute atomic E-state index is 0.175. The molecule has 0 bridgehead atoms. The Hall–Kier alpha value is -3.54. The lowest BCUT2D eigenvalue weighted by atomic mass is 10.2. The highest BCUT2D eigenvalue weighted by Gasteiger charge is 2.11. The number of rotatable bonds is 5. The van der Waals surface area contributed by atoms with E-state index in [0.717, 1.165) is 16.6 Å². The standard InChI is InChI=1S/C21H17FN2O3/c1-25-20-10-8-15(11-21(20)26-2)24-18-12-16(9-7-14(18)13-23-24)27-19-6-4-3-5-17(19)22/h3-13H,1-2H3. The highest BCUT2D eigenvalue weighted by molar-refractivity contribution is 5.82. The summed E-state index contributed by atoms with van der Waals surface area (Å²) in [6.07, 6.45) is 1.76. The summed E-state index contributed by atoms with van der Waals surface area (Å²) < 4.78 is 32.0. The van der Waals surface area contributed by atoms with Gasteiger partial charge in [0.2, 0.25) is 0 Å². The Labute approximate surface area is 155 Å². The molecule has 136 valence electrons. The van der Waals surface area contributed by atoms with Crippen LogP contribution in [0.1, 0.15) is 0 Å². The van der Waals surface area contributed by atoms with Crippen LogP contribution in [0.5, 0.6) is 23.0 Å². The summed E-state index contributed by atoms with van der Waals surface area (Å²) in [4.78, 5) is 0. The van der Waals surface area contributed by atoms with Gasteiger partial charge in [-0.05, 0) is 36.4 Å². The third-order valence-corrected chi connectivity index (χ3v) is 4.22. The maximum Gasteiger partial charge on any atom is 0.165 e. The predicted molar refractivity (Wildman–Crippen MR) is 101 cm³/mol. The number of hydrogen-bond acceptors (Lipinski definition) is 4. The van der Waals surface area contributed by atoms with Gasteiger partial charge in [-0.15, -0.1) is 0 Å². The number of ether oxygens (including phenoxy) is 3. The fraction of sp³-hybridized carbons (Fsp3) is 0.0952. The zero-order chi connectivity index (χ0) is 18.8. The van der Waals surface area contributed by atoms with E-state index in [0.29, 0.717) is 17.2 Å². The van der Waals surface area contributed by atoms with E-state index in [1.165, 1.54) is 6.07 Å². The van der Waals surface area contributed by atoms with E-state index in [-0.39, 0.29) is 5.75 Å². The summed E-state index contributed by atoms with van der Waals surface area (Å²) >= 11 is 0. The fourth-order valence-electron chi connectivity index (χ4n) is 2.88. The van der Waals surface area contributed by atoms with E-state index in [2.05, 4.69) is 5.10 Å².